The zero-order valence-electron chi connectivity index (χ0n) is 17.1. The van der Waals surface area contributed by atoms with E-state index >= 15 is 0 Å². The molecular formula is C24H25FN2O3. The van der Waals surface area contributed by atoms with Crippen LogP contribution >= 0.6 is 0 Å². The fourth-order valence-electron chi connectivity index (χ4n) is 3.54. The SMILES string of the molecule is Cc1cc(OCC(=O)N2CCCC2)cc(=O)n1Cc1ccc(C#CC2CC2)c(F)c1. The Morgan fingerprint density at radius 1 is 1.20 bits per heavy atom. The van der Waals surface area contributed by atoms with Crippen LogP contribution in [0.25, 0.3) is 0 Å². The number of halogens is 1. The van der Waals surface area contributed by atoms with Crippen LogP contribution in [0.2, 0.25) is 0 Å². The van der Waals surface area contributed by atoms with E-state index in [1.165, 1.54) is 12.1 Å². The van der Waals surface area contributed by atoms with E-state index in [2.05, 4.69) is 11.8 Å². The lowest BCUT2D eigenvalue weighted by molar-refractivity contribution is -0.132. The lowest BCUT2D eigenvalue weighted by Gasteiger charge is -2.16. The third-order valence-corrected chi connectivity index (χ3v) is 5.49. The number of rotatable bonds is 5. The molecule has 0 spiro atoms. The predicted octanol–water partition coefficient (Wildman–Crippen LogP) is 3.11. The molecule has 2 heterocycles. The molecular weight excluding hydrogens is 383 g/mol. The minimum Gasteiger partial charge on any atom is -0.484 e. The standard InChI is InChI=1S/C24H25FN2O3/c1-17-12-21(30-16-24(29)26-10-2-3-11-26)14-23(28)27(17)15-19-7-9-20(22(25)13-19)8-6-18-4-5-18/h7,9,12-14,18H,2-5,10-11,15-16H2,1H3. The van der Waals surface area contributed by atoms with Crippen molar-refractivity contribution in [3.8, 4) is 17.6 Å². The Balaban J connectivity index is 1.43. The van der Waals surface area contributed by atoms with Crippen molar-refractivity contribution in [2.24, 2.45) is 5.92 Å². The third kappa shape index (κ3) is 4.91. The lowest BCUT2D eigenvalue weighted by Crippen LogP contribution is -2.32. The van der Waals surface area contributed by atoms with Gasteiger partial charge in [0.1, 0.15) is 11.6 Å². The second kappa shape index (κ2) is 8.74. The Bertz CT molecular complexity index is 1070. The first-order valence-electron chi connectivity index (χ1n) is 10.4. The number of ether oxygens (including phenoxy) is 1. The van der Waals surface area contributed by atoms with Crippen LogP contribution in [0.15, 0.2) is 35.1 Å². The molecule has 0 unspecified atom stereocenters. The van der Waals surface area contributed by atoms with Crippen molar-refractivity contribution >= 4 is 5.91 Å². The van der Waals surface area contributed by atoms with E-state index in [0.717, 1.165) is 38.8 Å². The summed E-state index contributed by atoms with van der Waals surface area (Å²) in [6, 6.07) is 8.00. The smallest absolute Gasteiger partial charge is 0.260 e. The summed E-state index contributed by atoms with van der Waals surface area (Å²) in [5.74, 6) is 6.31. The normalized spacial score (nSPS) is 15.6. The minimum atomic E-state index is -0.369. The molecule has 0 bridgehead atoms. The molecule has 1 saturated carbocycles. The Labute approximate surface area is 175 Å². The Kier molecular flexibility index (Phi) is 5.89. The van der Waals surface area contributed by atoms with Crippen molar-refractivity contribution in [1.82, 2.24) is 9.47 Å². The molecule has 1 aliphatic heterocycles. The zero-order chi connectivity index (χ0) is 21.1. The van der Waals surface area contributed by atoms with Gasteiger partial charge in [0.2, 0.25) is 0 Å². The summed E-state index contributed by atoms with van der Waals surface area (Å²) in [5.41, 5.74) is 1.51. The van der Waals surface area contributed by atoms with E-state index in [1.807, 2.05) is 0 Å². The molecule has 1 aliphatic carbocycles. The minimum absolute atomic E-state index is 0.0605. The number of aromatic nitrogens is 1. The maximum Gasteiger partial charge on any atom is 0.260 e. The number of amides is 1. The molecule has 2 fully saturated rings. The van der Waals surface area contributed by atoms with Crippen LogP contribution in [0.4, 0.5) is 4.39 Å². The highest BCUT2D eigenvalue weighted by molar-refractivity contribution is 5.78. The van der Waals surface area contributed by atoms with Gasteiger partial charge in [0.15, 0.2) is 6.61 Å². The maximum absolute atomic E-state index is 14.3. The second-order valence-electron chi connectivity index (χ2n) is 7.99. The first-order valence-corrected chi connectivity index (χ1v) is 10.4. The average molecular weight is 408 g/mol. The molecule has 1 amide bonds. The summed E-state index contributed by atoms with van der Waals surface area (Å²) in [5, 5.41) is 0. The van der Waals surface area contributed by atoms with Gasteiger partial charge in [0.05, 0.1) is 12.1 Å². The zero-order valence-corrected chi connectivity index (χ0v) is 17.1. The van der Waals surface area contributed by atoms with Gasteiger partial charge in [-0.2, -0.15) is 0 Å². The van der Waals surface area contributed by atoms with Gasteiger partial charge in [0.25, 0.3) is 11.5 Å². The molecule has 1 aromatic carbocycles. The van der Waals surface area contributed by atoms with E-state index in [9.17, 15) is 14.0 Å². The molecule has 30 heavy (non-hydrogen) atoms. The van der Waals surface area contributed by atoms with Crippen LogP contribution in [0.5, 0.6) is 5.75 Å². The van der Waals surface area contributed by atoms with Crippen LogP contribution in [0.1, 0.15) is 42.5 Å². The molecule has 2 aromatic rings. The van der Waals surface area contributed by atoms with Crippen LogP contribution in [-0.4, -0.2) is 35.1 Å². The molecule has 0 atom stereocenters. The number of hydrogen-bond donors (Lipinski definition) is 0. The Morgan fingerprint density at radius 3 is 2.63 bits per heavy atom. The number of pyridine rings is 1. The van der Waals surface area contributed by atoms with Gasteiger partial charge in [-0.1, -0.05) is 17.9 Å². The molecule has 0 N–H and O–H groups in total. The quantitative estimate of drug-likeness (QED) is 0.715. The third-order valence-electron chi connectivity index (χ3n) is 5.49. The fourth-order valence-corrected chi connectivity index (χ4v) is 3.54. The largest absolute Gasteiger partial charge is 0.484 e. The Morgan fingerprint density at radius 2 is 1.97 bits per heavy atom. The van der Waals surface area contributed by atoms with Gasteiger partial charge in [-0.15, -0.1) is 0 Å². The number of benzene rings is 1. The highest BCUT2D eigenvalue weighted by atomic mass is 19.1. The van der Waals surface area contributed by atoms with E-state index in [0.29, 0.717) is 28.5 Å². The van der Waals surface area contributed by atoms with Crippen LogP contribution < -0.4 is 10.3 Å². The molecule has 156 valence electrons. The topological polar surface area (TPSA) is 51.5 Å². The first kappa shape index (κ1) is 20.2. The van der Waals surface area contributed by atoms with E-state index in [-0.39, 0.29) is 30.4 Å². The van der Waals surface area contributed by atoms with Gasteiger partial charge in [-0.05, 0) is 56.4 Å². The van der Waals surface area contributed by atoms with Gasteiger partial charge >= 0.3 is 0 Å². The van der Waals surface area contributed by atoms with Crippen LogP contribution in [0.3, 0.4) is 0 Å². The number of carbonyl (C=O) groups is 1. The van der Waals surface area contributed by atoms with Crippen molar-refractivity contribution in [3.63, 3.8) is 0 Å². The predicted molar refractivity (Wildman–Crippen MR) is 112 cm³/mol. The fraction of sp³-hybridized carbons (Fsp3) is 0.417. The first-order chi connectivity index (χ1) is 14.5. The molecule has 1 saturated heterocycles. The summed E-state index contributed by atoms with van der Waals surface area (Å²) in [6.07, 6.45) is 4.24. The summed E-state index contributed by atoms with van der Waals surface area (Å²) >= 11 is 0. The number of aryl methyl sites for hydroxylation is 1. The maximum atomic E-state index is 14.3. The van der Waals surface area contributed by atoms with Gasteiger partial charge in [0, 0.05) is 30.8 Å². The van der Waals surface area contributed by atoms with E-state index in [1.54, 1.807) is 34.6 Å². The second-order valence-corrected chi connectivity index (χ2v) is 7.99. The Hall–Kier alpha value is -3.07. The molecule has 0 radical (unpaired) electrons. The molecule has 4 rings (SSSR count). The number of nitrogens with zero attached hydrogens (tertiary/aromatic N) is 2. The van der Waals surface area contributed by atoms with Crippen molar-refractivity contribution in [2.75, 3.05) is 19.7 Å². The average Bonchev–Trinajstić information content (AvgIpc) is 3.38. The molecule has 5 nitrogen and oxygen atoms in total. The van der Waals surface area contributed by atoms with Crippen molar-refractivity contribution in [2.45, 2.75) is 39.2 Å². The summed E-state index contributed by atoms with van der Waals surface area (Å²) < 4.78 is 21.5. The summed E-state index contributed by atoms with van der Waals surface area (Å²) in [4.78, 5) is 26.5. The van der Waals surface area contributed by atoms with Gasteiger partial charge < -0.3 is 14.2 Å². The molecule has 1 aromatic heterocycles. The summed E-state index contributed by atoms with van der Waals surface area (Å²) in [6.45, 7) is 3.51. The molecule has 2 aliphatic rings. The number of likely N-dealkylation sites (tertiary alicyclic amines) is 1. The van der Waals surface area contributed by atoms with E-state index in [4.69, 9.17) is 4.74 Å². The van der Waals surface area contributed by atoms with Crippen LogP contribution in [-0.2, 0) is 11.3 Å². The lowest BCUT2D eigenvalue weighted by atomic mass is 10.1. The monoisotopic (exact) mass is 408 g/mol. The number of hydrogen-bond acceptors (Lipinski definition) is 3. The van der Waals surface area contributed by atoms with Crippen molar-refractivity contribution in [3.05, 3.63) is 63.3 Å². The highest BCUT2D eigenvalue weighted by Gasteiger charge is 2.19. The highest BCUT2D eigenvalue weighted by Crippen LogP contribution is 2.27. The van der Waals surface area contributed by atoms with E-state index < -0.39 is 0 Å². The number of carbonyl (C=O) groups excluding carboxylic acids is 1. The summed E-state index contributed by atoms with van der Waals surface area (Å²) in [7, 11) is 0. The van der Waals surface area contributed by atoms with Crippen molar-refractivity contribution < 1.29 is 13.9 Å². The molecule has 6 heteroatoms. The van der Waals surface area contributed by atoms with Crippen molar-refractivity contribution in [1.29, 1.82) is 0 Å². The van der Waals surface area contributed by atoms with Gasteiger partial charge in [-0.3, -0.25) is 9.59 Å². The van der Waals surface area contributed by atoms with Crippen LogP contribution in [0, 0.1) is 30.5 Å². The van der Waals surface area contributed by atoms with Gasteiger partial charge in [-0.25, -0.2) is 4.39 Å².